The van der Waals surface area contributed by atoms with Crippen molar-refractivity contribution < 1.29 is 9.90 Å². The number of hydrogen-bond acceptors (Lipinski definition) is 2. The Labute approximate surface area is 83.8 Å². The summed E-state index contributed by atoms with van der Waals surface area (Å²) in [5.74, 6) is -0.868. The van der Waals surface area contributed by atoms with E-state index in [-0.39, 0.29) is 0 Å². The lowest BCUT2D eigenvalue weighted by molar-refractivity contribution is -0.142. The summed E-state index contributed by atoms with van der Waals surface area (Å²) in [4.78, 5) is 15.0. The molecule has 1 aromatic heterocycles. The Morgan fingerprint density at radius 3 is 2.57 bits per heavy atom. The Kier molecular flexibility index (Phi) is 2.89. The summed E-state index contributed by atoms with van der Waals surface area (Å²) in [6.07, 6.45) is 2.34. The standard InChI is InChI=1S/C11H14NO2/c1-4-8-5-6-9(12-7-8)11(2,3)10(13)14/h5-7H,1,4H2,2-3H3,(H,13,14). The van der Waals surface area contributed by atoms with Crippen LogP contribution in [0.4, 0.5) is 0 Å². The second-order valence-electron chi connectivity index (χ2n) is 3.73. The maximum Gasteiger partial charge on any atom is 0.315 e. The van der Waals surface area contributed by atoms with E-state index in [0.29, 0.717) is 12.1 Å². The van der Waals surface area contributed by atoms with E-state index < -0.39 is 11.4 Å². The number of carboxylic acid groups (broad SMARTS) is 1. The second-order valence-corrected chi connectivity index (χ2v) is 3.73. The molecule has 0 saturated carbocycles. The first-order chi connectivity index (χ1) is 6.48. The SMILES string of the molecule is [CH2]Cc1ccc(C(C)(C)C(=O)O)nc1. The number of aliphatic carboxylic acids is 1. The van der Waals surface area contributed by atoms with Crippen LogP contribution in [0.5, 0.6) is 0 Å². The van der Waals surface area contributed by atoms with E-state index in [1.54, 1.807) is 26.1 Å². The van der Waals surface area contributed by atoms with Crippen molar-refractivity contribution in [1.82, 2.24) is 4.98 Å². The zero-order valence-electron chi connectivity index (χ0n) is 8.45. The van der Waals surface area contributed by atoms with Crippen molar-refractivity contribution in [2.45, 2.75) is 25.7 Å². The van der Waals surface area contributed by atoms with Crippen molar-refractivity contribution >= 4 is 5.97 Å². The maximum absolute atomic E-state index is 10.9. The number of nitrogens with zero attached hydrogens (tertiary/aromatic N) is 1. The van der Waals surface area contributed by atoms with Crippen molar-refractivity contribution in [2.75, 3.05) is 0 Å². The molecule has 0 aliphatic heterocycles. The van der Waals surface area contributed by atoms with Gasteiger partial charge in [-0.1, -0.05) is 6.07 Å². The molecular formula is C11H14NO2. The Morgan fingerprint density at radius 2 is 2.21 bits per heavy atom. The minimum atomic E-state index is -0.931. The van der Waals surface area contributed by atoms with Crippen molar-refractivity contribution in [3.8, 4) is 0 Å². The van der Waals surface area contributed by atoms with Crippen LogP contribution in [0.3, 0.4) is 0 Å². The molecule has 3 heteroatoms. The molecule has 0 aliphatic rings. The van der Waals surface area contributed by atoms with Crippen LogP contribution in [0.15, 0.2) is 18.3 Å². The van der Waals surface area contributed by atoms with Gasteiger partial charge in [-0.3, -0.25) is 9.78 Å². The van der Waals surface area contributed by atoms with Gasteiger partial charge >= 0.3 is 5.97 Å². The predicted octanol–water partition coefficient (Wildman–Crippen LogP) is 1.82. The molecule has 1 heterocycles. The largest absolute Gasteiger partial charge is 0.481 e. The fourth-order valence-corrected chi connectivity index (χ4v) is 1.05. The molecule has 3 nitrogen and oxygen atoms in total. The average molecular weight is 192 g/mol. The summed E-state index contributed by atoms with van der Waals surface area (Å²) in [6, 6.07) is 3.61. The van der Waals surface area contributed by atoms with Crippen molar-refractivity contribution in [3.05, 3.63) is 36.5 Å². The lowest BCUT2D eigenvalue weighted by Gasteiger charge is -2.18. The molecule has 0 unspecified atom stereocenters. The molecule has 0 spiro atoms. The highest BCUT2D eigenvalue weighted by Gasteiger charge is 2.30. The molecule has 1 aromatic rings. The van der Waals surface area contributed by atoms with Crippen LogP contribution in [0.1, 0.15) is 25.1 Å². The van der Waals surface area contributed by atoms with E-state index >= 15 is 0 Å². The minimum Gasteiger partial charge on any atom is -0.481 e. The summed E-state index contributed by atoms with van der Waals surface area (Å²) >= 11 is 0. The third-order valence-corrected chi connectivity index (χ3v) is 2.29. The normalized spacial score (nSPS) is 11.4. The Bertz CT molecular complexity index is 328. The van der Waals surface area contributed by atoms with Crippen LogP contribution in [0.25, 0.3) is 0 Å². The highest BCUT2D eigenvalue weighted by molar-refractivity contribution is 5.79. The fourth-order valence-electron chi connectivity index (χ4n) is 1.05. The van der Waals surface area contributed by atoms with Crippen LogP contribution in [-0.2, 0) is 16.6 Å². The van der Waals surface area contributed by atoms with E-state index in [1.165, 1.54) is 0 Å². The number of aromatic nitrogens is 1. The Balaban J connectivity index is 3.02. The van der Waals surface area contributed by atoms with E-state index in [0.717, 1.165) is 5.56 Å². The molecule has 0 amide bonds. The quantitative estimate of drug-likeness (QED) is 0.794. The van der Waals surface area contributed by atoms with Gasteiger partial charge in [0.15, 0.2) is 0 Å². The number of rotatable bonds is 3. The first-order valence-electron chi connectivity index (χ1n) is 4.46. The van der Waals surface area contributed by atoms with Gasteiger partial charge in [-0.05, 0) is 38.8 Å². The molecule has 0 aliphatic carbocycles. The van der Waals surface area contributed by atoms with E-state index in [9.17, 15) is 4.79 Å². The third kappa shape index (κ3) is 1.92. The van der Waals surface area contributed by atoms with Gasteiger partial charge in [0.25, 0.3) is 0 Å². The lowest BCUT2D eigenvalue weighted by Crippen LogP contribution is -2.29. The molecule has 0 saturated heterocycles. The van der Waals surface area contributed by atoms with E-state index in [2.05, 4.69) is 11.9 Å². The van der Waals surface area contributed by atoms with Gasteiger partial charge in [-0.25, -0.2) is 0 Å². The number of pyridine rings is 1. The smallest absolute Gasteiger partial charge is 0.315 e. The molecule has 1 radical (unpaired) electrons. The molecule has 0 aromatic carbocycles. The van der Waals surface area contributed by atoms with Gasteiger partial charge in [0.2, 0.25) is 0 Å². The topological polar surface area (TPSA) is 50.2 Å². The molecule has 0 atom stereocenters. The Morgan fingerprint density at radius 1 is 1.57 bits per heavy atom. The number of hydrogen-bond donors (Lipinski definition) is 1. The van der Waals surface area contributed by atoms with Gasteiger partial charge in [0, 0.05) is 6.20 Å². The third-order valence-electron chi connectivity index (χ3n) is 2.29. The lowest BCUT2D eigenvalue weighted by atomic mass is 9.89. The minimum absolute atomic E-state index is 0.571. The molecule has 14 heavy (non-hydrogen) atoms. The van der Waals surface area contributed by atoms with E-state index in [1.807, 2.05) is 6.07 Å². The molecule has 1 N–H and O–H groups in total. The monoisotopic (exact) mass is 192 g/mol. The summed E-state index contributed by atoms with van der Waals surface area (Å²) in [6.45, 7) is 7.01. The van der Waals surface area contributed by atoms with Crippen LogP contribution in [0.2, 0.25) is 0 Å². The first-order valence-corrected chi connectivity index (χ1v) is 4.46. The first kappa shape index (κ1) is 10.7. The predicted molar refractivity (Wildman–Crippen MR) is 54.0 cm³/mol. The van der Waals surface area contributed by atoms with Crippen LogP contribution in [0, 0.1) is 6.92 Å². The fraction of sp³-hybridized carbons (Fsp3) is 0.364. The highest BCUT2D eigenvalue weighted by atomic mass is 16.4. The van der Waals surface area contributed by atoms with Crippen LogP contribution in [-0.4, -0.2) is 16.1 Å². The zero-order valence-corrected chi connectivity index (χ0v) is 8.45. The van der Waals surface area contributed by atoms with Crippen molar-refractivity contribution in [3.63, 3.8) is 0 Å². The molecule has 1 rings (SSSR count). The summed E-state index contributed by atoms with van der Waals surface area (Å²) in [7, 11) is 0. The highest BCUT2D eigenvalue weighted by Crippen LogP contribution is 2.21. The van der Waals surface area contributed by atoms with Crippen LogP contribution < -0.4 is 0 Å². The van der Waals surface area contributed by atoms with Gasteiger partial charge in [0.05, 0.1) is 5.69 Å². The summed E-state index contributed by atoms with van der Waals surface area (Å²) in [5.41, 5.74) is 0.650. The molecule has 0 bridgehead atoms. The zero-order chi connectivity index (χ0) is 10.8. The van der Waals surface area contributed by atoms with Crippen molar-refractivity contribution in [1.29, 1.82) is 0 Å². The molecule has 75 valence electrons. The van der Waals surface area contributed by atoms with Crippen LogP contribution >= 0.6 is 0 Å². The second kappa shape index (κ2) is 3.78. The average Bonchev–Trinajstić information content (AvgIpc) is 2.17. The van der Waals surface area contributed by atoms with Crippen molar-refractivity contribution in [2.24, 2.45) is 0 Å². The summed E-state index contributed by atoms with van der Waals surface area (Å²) in [5, 5.41) is 8.97. The Hall–Kier alpha value is -1.38. The van der Waals surface area contributed by atoms with Gasteiger partial charge in [-0.15, -0.1) is 0 Å². The van der Waals surface area contributed by atoms with E-state index in [4.69, 9.17) is 5.11 Å². The maximum atomic E-state index is 10.9. The molecule has 0 fully saturated rings. The number of carboxylic acids is 1. The van der Waals surface area contributed by atoms with Gasteiger partial charge < -0.3 is 5.11 Å². The summed E-state index contributed by atoms with van der Waals surface area (Å²) < 4.78 is 0. The number of carbonyl (C=O) groups is 1. The molecular weight excluding hydrogens is 178 g/mol. The van der Waals surface area contributed by atoms with Gasteiger partial charge in [0.1, 0.15) is 5.41 Å². The van der Waals surface area contributed by atoms with Gasteiger partial charge in [-0.2, -0.15) is 0 Å².